The van der Waals surface area contributed by atoms with Crippen LogP contribution in [0.1, 0.15) is 66.2 Å². The Bertz CT molecular complexity index is 538. The number of esters is 1. The van der Waals surface area contributed by atoms with Crippen LogP contribution in [0, 0.1) is 23.7 Å². The smallest absolute Gasteiger partial charge is 0.308 e. The lowest BCUT2D eigenvalue weighted by atomic mass is 9.58. The Morgan fingerprint density at radius 2 is 1.96 bits per heavy atom. The second-order valence-electron chi connectivity index (χ2n) is 8.51. The molecule has 0 radical (unpaired) electrons. The van der Waals surface area contributed by atoms with Crippen LogP contribution in [0.3, 0.4) is 0 Å². The van der Waals surface area contributed by atoms with Gasteiger partial charge in [-0.15, -0.1) is 0 Å². The van der Waals surface area contributed by atoms with Gasteiger partial charge in [0.05, 0.1) is 0 Å². The molecule has 1 aliphatic carbocycles. The Hall–Kier alpha value is -0.690. The van der Waals surface area contributed by atoms with Crippen molar-refractivity contribution >= 4 is 5.97 Å². The molecule has 4 heterocycles. The molecule has 5 rings (SSSR count). The van der Waals surface area contributed by atoms with Crippen molar-refractivity contribution in [2.24, 2.45) is 23.7 Å². The molecule has 4 aliphatic heterocycles. The molecule has 6 nitrogen and oxygen atoms in total. The highest BCUT2D eigenvalue weighted by atomic mass is 17.3. The lowest BCUT2D eigenvalue weighted by Gasteiger charge is -2.59. The maximum absolute atomic E-state index is 12.0. The SMILES string of the molecule is CCCC(=O)O[C@H]1O[C@@H]2O[C@]3(C)CCC4[C@H](C)CCC([C@H]1C)[C@]42OO3. The van der Waals surface area contributed by atoms with Gasteiger partial charge in [0.25, 0.3) is 0 Å². The van der Waals surface area contributed by atoms with Gasteiger partial charge >= 0.3 is 5.97 Å². The Morgan fingerprint density at radius 3 is 2.72 bits per heavy atom. The summed E-state index contributed by atoms with van der Waals surface area (Å²) >= 11 is 0. The minimum absolute atomic E-state index is 0.0433. The second kappa shape index (κ2) is 6.19. The normalized spacial score (nSPS) is 51.5. The second-order valence-corrected chi connectivity index (χ2v) is 8.51. The van der Waals surface area contributed by atoms with E-state index < -0.39 is 24.0 Å². The summed E-state index contributed by atoms with van der Waals surface area (Å²) in [6, 6.07) is 0. The number of ether oxygens (including phenoxy) is 3. The molecule has 2 unspecified atom stereocenters. The molecule has 1 spiro atoms. The first-order valence-corrected chi connectivity index (χ1v) is 9.79. The van der Waals surface area contributed by atoms with Gasteiger partial charge in [-0.2, -0.15) is 0 Å². The van der Waals surface area contributed by atoms with Gasteiger partial charge in [0.15, 0.2) is 11.9 Å². The Morgan fingerprint density at radius 1 is 1.16 bits per heavy atom. The molecule has 0 aromatic carbocycles. The number of carbonyl (C=O) groups is 1. The van der Waals surface area contributed by atoms with Crippen molar-refractivity contribution in [1.82, 2.24) is 0 Å². The molecule has 4 saturated heterocycles. The minimum Gasteiger partial charge on any atom is -0.435 e. The van der Waals surface area contributed by atoms with E-state index in [2.05, 4.69) is 13.8 Å². The van der Waals surface area contributed by atoms with Crippen LogP contribution in [0.15, 0.2) is 0 Å². The van der Waals surface area contributed by atoms with Crippen LogP contribution in [-0.4, -0.2) is 29.9 Å². The lowest BCUT2D eigenvalue weighted by Crippen LogP contribution is -2.70. The number of carbonyl (C=O) groups excluding carboxylic acids is 1. The standard InChI is InChI=1S/C19H30O6/c1-5-6-15(20)21-16-12(3)14-8-7-11(2)13-9-10-18(4)23-17(22-16)19(13,14)25-24-18/h11-14,16-17H,5-10H2,1-4H3/t11-,12-,13?,14?,16+,17-,18+,19-/m1/s1. The van der Waals surface area contributed by atoms with Crippen LogP contribution < -0.4 is 0 Å². The average molecular weight is 354 g/mol. The number of fused-ring (bicyclic) bond motifs is 2. The van der Waals surface area contributed by atoms with Gasteiger partial charge in [0, 0.05) is 24.7 Å². The molecule has 8 atom stereocenters. The molecule has 5 fully saturated rings. The van der Waals surface area contributed by atoms with E-state index in [0.29, 0.717) is 18.3 Å². The third-order valence-electron chi connectivity index (χ3n) is 6.80. The van der Waals surface area contributed by atoms with Gasteiger partial charge in [0.1, 0.15) is 0 Å². The van der Waals surface area contributed by atoms with Gasteiger partial charge in [-0.05, 0) is 44.4 Å². The van der Waals surface area contributed by atoms with Crippen molar-refractivity contribution in [2.75, 3.05) is 0 Å². The Labute approximate surface area is 149 Å². The van der Waals surface area contributed by atoms with Gasteiger partial charge < -0.3 is 14.2 Å². The highest BCUT2D eigenvalue weighted by Crippen LogP contribution is 2.60. The molecular weight excluding hydrogens is 324 g/mol. The summed E-state index contributed by atoms with van der Waals surface area (Å²) in [6.07, 6.45) is 3.97. The van der Waals surface area contributed by atoms with E-state index >= 15 is 0 Å². The molecule has 5 aliphatic rings. The van der Waals surface area contributed by atoms with E-state index in [1.807, 2.05) is 13.8 Å². The van der Waals surface area contributed by atoms with Crippen molar-refractivity contribution < 1.29 is 28.8 Å². The zero-order valence-electron chi connectivity index (χ0n) is 15.7. The average Bonchev–Trinajstić information content (AvgIpc) is 2.79. The first kappa shape index (κ1) is 17.7. The van der Waals surface area contributed by atoms with Crippen molar-refractivity contribution in [3.63, 3.8) is 0 Å². The van der Waals surface area contributed by atoms with E-state index in [1.54, 1.807) is 0 Å². The summed E-state index contributed by atoms with van der Waals surface area (Å²) in [5.41, 5.74) is -0.596. The quantitative estimate of drug-likeness (QED) is 0.571. The van der Waals surface area contributed by atoms with Crippen LogP contribution >= 0.6 is 0 Å². The zero-order valence-corrected chi connectivity index (χ0v) is 15.7. The molecule has 2 bridgehead atoms. The third kappa shape index (κ3) is 2.64. The largest absolute Gasteiger partial charge is 0.435 e. The Balaban J connectivity index is 1.66. The van der Waals surface area contributed by atoms with E-state index in [-0.39, 0.29) is 17.8 Å². The van der Waals surface area contributed by atoms with Crippen molar-refractivity contribution in [1.29, 1.82) is 0 Å². The fourth-order valence-corrected chi connectivity index (χ4v) is 5.40. The first-order valence-electron chi connectivity index (χ1n) is 9.79. The first-order chi connectivity index (χ1) is 11.9. The molecule has 0 N–H and O–H groups in total. The highest BCUT2D eigenvalue weighted by Gasteiger charge is 2.69. The van der Waals surface area contributed by atoms with E-state index in [9.17, 15) is 4.79 Å². The fraction of sp³-hybridized carbons (Fsp3) is 0.947. The predicted molar refractivity (Wildman–Crippen MR) is 87.8 cm³/mol. The van der Waals surface area contributed by atoms with Crippen molar-refractivity contribution in [2.45, 2.75) is 90.2 Å². The molecule has 142 valence electrons. The number of hydrogen-bond acceptors (Lipinski definition) is 6. The van der Waals surface area contributed by atoms with Crippen LogP contribution in [0.4, 0.5) is 0 Å². The number of rotatable bonds is 3. The third-order valence-corrected chi connectivity index (χ3v) is 6.80. The van der Waals surface area contributed by atoms with Gasteiger partial charge in [-0.3, -0.25) is 4.79 Å². The Kier molecular flexibility index (Phi) is 4.38. The van der Waals surface area contributed by atoms with Crippen molar-refractivity contribution in [3.8, 4) is 0 Å². The van der Waals surface area contributed by atoms with E-state index in [1.165, 1.54) is 0 Å². The molecule has 0 amide bonds. The molecule has 25 heavy (non-hydrogen) atoms. The molecule has 1 saturated carbocycles. The lowest BCUT2D eigenvalue weighted by molar-refractivity contribution is -0.576. The summed E-state index contributed by atoms with van der Waals surface area (Å²) in [6.45, 7) is 8.24. The van der Waals surface area contributed by atoms with Gasteiger partial charge in [-0.25, -0.2) is 9.78 Å². The minimum atomic E-state index is -0.796. The summed E-state index contributed by atoms with van der Waals surface area (Å²) in [4.78, 5) is 23.9. The van der Waals surface area contributed by atoms with Crippen LogP contribution in [0.25, 0.3) is 0 Å². The van der Waals surface area contributed by atoms with Crippen molar-refractivity contribution in [3.05, 3.63) is 0 Å². The summed E-state index contributed by atoms with van der Waals surface area (Å²) in [5, 5.41) is 0. The van der Waals surface area contributed by atoms with Crippen LogP contribution in [-0.2, 0) is 28.8 Å². The van der Waals surface area contributed by atoms with E-state index in [4.69, 9.17) is 24.0 Å². The maximum Gasteiger partial charge on any atom is 0.308 e. The van der Waals surface area contributed by atoms with E-state index in [0.717, 1.165) is 32.1 Å². The molecule has 6 heteroatoms. The van der Waals surface area contributed by atoms with Crippen LogP contribution in [0.5, 0.6) is 0 Å². The monoisotopic (exact) mass is 354 g/mol. The number of hydrogen-bond donors (Lipinski definition) is 0. The summed E-state index contributed by atoms with van der Waals surface area (Å²) in [5.74, 6) is 0.0851. The zero-order chi connectivity index (χ0) is 17.8. The van der Waals surface area contributed by atoms with Gasteiger partial charge in [-0.1, -0.05) is 20.8 Å². The predicted octanol–water partition coefficient (Wildman–Crippen LogP) is 3.54. The summed E-state index contributed by atoms with van der Waals surface area (Å²) in [7, 11) is 0. The highest BCUT2D eigenvalue weighted by molar-refractivity contribution is 5.69. The fourth-order valence-electron chi connectivity index (χ4n) is 5.40. The van der Waals surface area contributed by atoms with Gasteiger partial charge in [0.2, 0.25) is 12.1 Å². The van der Waals surface area contributed by atoms with Crippen LogP contribution in [0.2, 0.25) is 0 Å². The molecule has 0 aromatic heterocycles. The summed E-state index contributed by atoms with van der Waals surface area (Å²) < 4.78 is 18.1. The maximum atomic E-state index is 12.0. The molecule has 0 aromatic rings. The topological polar surface area (TPSA) is 63.2 Å². The molecular formula is C19H30O6.